The Morgan fingerprint density at radius 1 is 0.333 bits per heavy atom. The zero-order valence-corrected chi connectivity index (χ0v) is 61.4. The fourth-order valence-electron chi connectivity index (χ4n) is 11.1. The molecule has 0 saturated carbocycles. The molecule has 0 heterocycles. The van der Waals surface area contributed by atoms with Crippen LogP contribution < -0.4 is 5.11 Å². The monoisotopic (exact) mass is 1300 g/mol. The molecule has 0 aliphatic carbocycles. The van der Waals surface area contributed by atoms with E-state index in [2.05, 4.69) is 123 Å². The lowest BCUT2D eigenvalue weighted by Crippen LogP contribution is -2.44. The number of carbonyl (C=O) groups excluding carboxylic acids is 3. The number of likely N-dealkylation sites (N-methyl/N-ethyl adjacent to an activating group) is 1. The van der Waals surface area contributed by atoms with Crippen LogP contribution in [0, 0.1) is 0 Å². The largest absolute Gasteiger partial charge is 0.545 e. The van der Waals surface area contributed by atoms with Crippen LogP contribution in [-0.2, 0) is 33.3 Å². The molecule has 0 aromatic carbocycles. The number of esters is 2. The zero-order valence-electron chi connectivity index (χ0n) is 61.4. The Balaban J connectivity index is 4.07. The van der Waals surface area contributed by atoms with Gasteiger partial charge in [-0.05, 0) is 103 Å². The van der Waals surface area contributed by atoms with E-state index in [9.17, 15) is 19.5 Å². The average molecular weight is 1300 g/mol. The number of hydrogen-bond acceptors (Lipinski definition) is 8. The first-order valence-electron chi connectivity index (χ1n) is 39.0. The summed E-state index contributed by atoms with van der Waals surface area (Å²) in [6.45, 7) is 4.67. The van der Waals surface area contributed by atoms with Crippen LogP contribution in [0.2, 0.25) is 0 Å². The Morgan fingerprint density at radius 3 is 0.925 bits per heavy atom. The summed E-state index contributed by atoms with van der Waals surface area (Å²) in [4.78, 5) is 37.6. The molecule has 2 unspecified atom stereocenters. The molecule has 536 valence electrons. The summed E-state index contributed by atoms with van der Waals surface area (Å²) in [6.07, 6.45) is 101. The van der Waals surface area contributed by atoms with Crippen LogP contribution in [0.4, 0.5) is 0 Å². The number of carboxylic acid groups (broad SMARTS) is 1. The van der Waals surface area contributed by atoms with Gasteiger partial charge in [-0.3, -0.25) is 9.59 Å². The van der Waals surface area contributed by atoms with Gasteiger partial charge in [0.15, 0.2) is 12.4 Å². The van der Waals surface area contributed by atoms with Crippen molar-refractivity contribution in [1.82, 2.24) is 0 Å². The molecule has 0 rings (SSSR count). The molecular weight excluding hydrogens is 1150 g/mol. The van der Waals surface area contributed by atoms with E-state index in [1.807, 2.05) is 21.1 Å². The SMILES string of the molecule is CC/C=C\C/C=C\C/C=C\C/C=C\C/C=C\C/C=C\C/C=C\C/C=C\CCCCCCCCCCCCC(=O)OC(COC(=O)CCCCCCCCCCCCCCCCCCCCCCC/C=C\CCCCCCCCCC)COC(OCC[N+](C)(C)C)C(=O)[O-]. The van der Waals surface area contributed by atoms with Gasteiger partial charge in [0.2, 0.25) is 0 Å². The van der Waals surface area contributed by atoms with Crippen molar-refractivity contribution in [3.8, 4) is 0 Å². The van der Waals surface area contributed by atoms with Gasteiger partial charge >= 0.3 is 11.9 Å². The van der Waals surface area contributed by atoms with Crippen LogP contribution in [0.3, 0.4) is 0 Å². The number of allylic oxidation sites excluding steroid dienone is 18. The standard InChI is InChI=1S/C84H147NO8/c1-6-8-10-12-14-16-18-20-22-24-26-28-30-32-34-36-38-40-41-43-45-47-49-51-53-55-57-59-61-63-65-67-69-71-73-75-82(87)93-80(79-92-84(83(88)89)90-77-76-85(3,4)5)78-91-81(86)74-72-70-68-66-64-62-60-58-56-54-52-50-48-46-44-42-39-37-35-33-31-29-27-25-23-21-19-17-15-13-11-9-7-2/h8,10,14,16,20,22,25-28,32,34,38,40,43,45,49,51,80,84H,6-7,9,11-13,15,17-19,21,23-24,29-31,33,35-37,39,41-42,44,46-48,50,52-79H2,1-5H3/b10-8-,16-14-,22-20-,27-25-,28-26-,34-32-,40-38-,45-43-,51-49-. The van der Waals surface area contributed by atoms with Crippen LogP contribution in [-0.4, -0.2) is 82.3 Å². The molecule has 2 atom stereocenters. The number of ether oxygens (including phenoxy) is 4. The van der Waals surface area contributed by atoms with E-state index in [0.717, 1.165) is 96.3 Å². The van der Waals surface area contributed by atoms with Gasteiger partial charge in [-0.25, -0.2) is 0 Å². The molecule has 9 heteroatoms. The molecule has 0 aromatic rings. The summed E-state index contributed by atoms with van der Waals surface area (Å²) in [5.74, 6) is -2.28. The average Bonchev–Trinajstić information content (AvgIpc) is 3.74. The molecule has 0 aliphatic heterocycles. The van der Waals surface area contributed by atoms with E-state index in [0.29, 0.717) is 23.9 Å². The van der Waals surface area contributed by atoms with Gasteiger partial charge in [0.1, 0.15) is 13.2 Å². The molecule has 0 N–H and O–H groups in total. The van der Waals surface area contributed by atoms with Crippen LogP contribution in [0.15, 0.2) is 109 Å². The van der Waals surface area contributed by atoms with Gasteiger partial charge in [-0.1, -0.05) is 342 Å². The van der Waals surface area contributed by atoms with Crippen molar-refractivity contribution in [1.29, 1.82) is 0 Å². The van der Waals surface area contributed by atoms with Gasteiger partial charge in [-0.2, -0.15) is 0 Å². The third-order valence-electron chi connectivity index (χ3n) is 17.0. The first kappa shape index (κ1) is 89.0. The molecule has 0 radical (unpaired) electrons. The summed E-state index contributed by atoms with van der Waals surface area (Å²) in [7, 11) is 5.94. The van der Waals surface area contributed by atoms with E-state index >= 15 is 0 Å². The van der Waals surface area contributed by atoms with Gasteiger partial charge in [0.05, 0.1) is 40.3 Å². The maximum absolute atomic E-state index is 13.0. The second-order valence-electron chi connectivity index (χ2n) is 27.3. The van der Waals surface area contributed by atoms with Crippen molar-refractivity contribution >= 4 is 17.9 Å². The van der Waals surface area contributed by atoms with E-state index in [1.165, 1.54) is 218 Å². The Bertz CT molecular complexity index is 1900. The molecule has 0 bridgehead atoms. The summed E-state index contributed by atoms with van der Waals surface area (Å²) >= 11 is 0. The van der Waals surface area contributed by atoms with Crippen LogP contribution >= 0.6 is 0 Å². The molecule has 0 saturated heterocycles. The second kappa shape index (κ2) is 73.8. The number of aliphatic carboxylic acids is 1. The summed E-state index contributed by atoms with van der Waals surface area (Å²) < 4.78 is 22.9. The van der Waals surface area contributed by atoms with Crippen molar-refractivity contribution in [3.05, 3.63) is 109 Å². The molecule has 9 nitrogen and oxygen atoms in total. The first-order valence-corrected chi connectivity index (χ1v) is 39.0. The van der Waals surface area contributed by atoms with Crippen molar-refractivity contribution < 1.29 is 42.9 Å². The highest BCUT2D eigenvalue weighted by Gasteiger charge is 2.22. The van der Waals surface area contributed by atoms with Crippen molar-refractivity contribution in [2.24, 2.45) is 0 Å². The highest BCUT2D eigenvalue weighted by atomic mass is 16.7. The zero-order chi connectivity index (χ0) is 67.5. The fourth-order valence-corrected chi connectivity index (χ4v) is 11.1. The van der Waals surface area contributed by atoms with Gasteiger partial charge < -0.3 is 33.3 Å². The van der Waals surface area contributed by atoms with Crippen LogP contribution in [0.5, 0.6) is 0 Å². The minimum absolute atomic E-state index is 0.144. The Hall–Kier alpha value is -4.05. The molecular formula is C84H147NO8. The lowest BCUT2D eigenvalue weighted by Gasteiger charge is -2.26. The van der Waals surface area contributed by atoms with Gasteiger partial charge in [0.25, 0.3) is 0 Å². The quantitative estimate of drug-likeness (QED) is 0.0195. The van der Waals surface area contributed by atoms with E-state index in [4.69, 9.17) is 18.9 Å². The maximum Gasteiger partial charge on any atom is 0.306 e. The number of hydrogen-bond donors (Lipinski definition) is 0. The topological polar surface area (TPSA) is 111 Å². The summed E-state index contributed by atoms with van der Waals surface area (Å²) in [5.41, 5.74) is 0. The predicted octanol–water partition coefficient (Wildman–Crippen LogP) is 23.6. The van der Waals surface area contributed by atoms with Gasteiger partial charge in [0, 0.05) is 12.8 Å². The lowest BCUT2D eigenvalue weighted by atomic mass is 10.0. The minimum atomic E-state index is -1.63. The van der Waals surface area contributed by atoms with Crippen molar-refractivity contribution in [2.75, 3.05) is 47.5 Å². The normalized spacial score (nSPS) is 13.3. The second-order valence-corrected chi connectivity index (χ2v) is 27.3. The molecule has 0 aromatic heterocycles. The number of rotatable bonds is 72. The van der Waals surface area contributed by atoms with E-state index < -0.39 is 24.3 Å². The fraction of sp³-hybridized carbons (Fsp3) is 0.750. The Morgan fingerprint density at radius 2 is 0.613 bits per heavy atom. The highest BCUT2D eigenvalue weighted by Crippen LogP contribution is 2.18. The third kappa shape index (κ3) is 75.2. The molecule has 0 amide bonds. The smallest absolute Gasteiger partial charge is 0.306 e. The number of carbonyl (C=O) groups is 3. The highest BCUT2D eigenvalue weighted by molar-refractivity contribution is 5.70. The summed E-state index contributed by atoms with van der Waals surface area (Å²) in [6, 6.07) is 0. The first-order chi connectivity index (χ1) is 45.6. The molecule has 93 heavy (non-hydrogen) atoms. The third-order valence-corrected chi connectivity index (χ3v) is 17.0. The minimum Gasteiger partial charge on any atom is -0.545 e. The van der Waals surface area contributed by atoms with Crippen molar-refractivity contribution in [3.63, 3.8) is 0 Å². The maximum atomic E-state index is 13.0. The van der Waals surface area contributed by atoms with Crippen LogP contribution in [0.25, 0.3) is 0 Å². The molecule has 0 fully saturated rings. The predicted molar refractivity (Wildman–Crippen MR) is 398 cm³/mol. The number of unbranched alkanes of at least 4 members (excludes halogenated alkanes) is 39. The lowest BCUT2D eigenvalue weighted by molar-refractivity contribution is -0.870. The van der Waals surface area contributed by atoms with E-state index in [-0.39, 0.29) is 32.2 Å². The molecule has 0 spiro atoms. The summed E-state index contributed by atoms with van der Waals surface area (Å²) in [5, 5.41) is 11.9. The molecule has 0 aliphatic rings. The van der Waals surface area contributed by atoms with Gasteiger partial charge in [-0.15, -0.1) is 0 Å². The number of nitrogens with zero attached hydrogens (tertiary/aromatic N) is 1. The number of quaternary nitrogens is 1. The van der Waals surface area contributed by atoms with E-state index in [1.54, 1.807) is 0 Å². The van der Waals surface area contributed by atoms with Crippen molar-refractivity contribution in [2.45, 2.75) is 360 Å². The Kier molecular flexibility index (Phi) is 70.5. The number of carboxylic acids is 1. The Labute approximate surface area is 575 Å². The van der Waals surface area contributed by atoms with Crippen LogP contribution in [0.1, 0.15) is 348 Å².